The number of hydrogen-bond acceptors (Lipinski definition) is 4. The van der Waals surface area contributed by atoms with Gasteiger partial charge in [-0.1, -0.05) is 15.9 Å². The van der Waals surface area contributed by atoms with E-state index in [2.05, 4.69) is 20.3 Å². The lowest BCUT2D eigenvalue weighted by Crippen LogP contribution is -2.02. The summed E-state index contributed by atoms with van der Waals surface area (Å²) < 4.78 is 16.3. The summed E-state index contributed by atoms with van der Waals surface area (Å²) in [5.41, 5.74) is -0.170. The second-order valence-electron chi connectivity index (χ2n) is 2.85. The maximum atomic E-state index is 11.9. The Morgan fingerprint density at radius 2 is 2.13 bits per heavy atom. The highest BCUT2D eigenvalue weighted by Crippen LogP contribution is 2.27. The lowest BCUT2D eigenvalue weighted by molar-refractivity contribution is -0.387. The summed E-state index contributed by atoms with van der Waals surface area (Å²) in [4.78, 5) is 10.3. The Morgan fingerprint density at radius 3 is 2.60 bits per heavy atom. The molecule has 0 bridgehead atoms. The van der Waals surface area contributed by atoms with Crippen LogP contribution in [0.15, 0.2) is 31.9 Å². The van der Waals surface area contributed by atoms with Crippen molar-refractivity contribution in [1.82, 2.24) is 0 Å². The Hall–Kier alpha value is -0.950. The van der Waals surface area contributed by atoms with Crippen LogP contribution in [0.5, 0.6) is 0 Å². The van der Waals surface area contributed by atoms with E-state index in [0.29, 0.717) is 4.47 Å². The molecule has 1 aromatic rings. The van der Waals surface area contributed by atoms with Gasteiger partial charge in [0.25, 0.3) is 5.69 Å². The minimum atomic E-state index is -2.69. The normalized spacial score (nSPS) is 14.3. The largest absolute Gasteiger partial charge is 0.286 e. The van der Waals surface area contributed by atoms with E-state index in [-0.39, 0.29) is 10.6 Å². The van der Waals surface area contributed by atoms with Gasteiger partial charge >= 0.3 is 0 Å². The van der Waals surface area contributed by atoms with Gasteiger partial charge in [0.05, 0.1) is 14.7 Å². The summed E-state index contributed by atoms with van der Waals surface area (Å²) in [5.74, 6) is 0. The van der Waals surface area contributed by atoms with Gasteiger partial charge < -0.3 is 0 Å². The number of nitro benzene ring substituents is 1. The van der Waals surface area contributed by atoms with E-state index >= 15 is 0 Å². The number of nitro groups is 1. The van der Waals surface area contributed by atoms with Crippen molar-refractivity contribution in [1.29, 1.82) is 0 Å². The third kappa shape index (κ3) is 2.54. The standard InChI is InChI=1S/C8H9BrN2O3S/c1-10-15(2,14)8-5-6(9)3-4-7(8)11(12)13/h3-5H,1-2H3. The maximum Gasteiger partial charge on any atom is 0.286 e. The molecule has 1 rings (SSSR count). The van der Waals surface area contributed by atoms with E-state index in [0.717, 1.165) is 0 Å². The van der Waals surface area contributed by atoms with Crippen molar-refractivity contribution < 1.29 is 9.13 Å². The minimum Gasteiger partial charge on any atom is -0.258 e. The third-order valence-electron chi connectivity index (χ3n) is 1.87. The number of hydrogen-bond donors (Lipinski definition) is 0. The van der Waals surface area contributed by atoms with Crippen molar-refractivity contribution in [3.05, 3.63) is 32.8 Å². The molecular formula is C8H9BrN2O3S. The molecule has 1 aromatic carbocycles. The molecule has 7 heteroatoms. The van der Waals surface area contributed by atoms with Gasteiger partial charge in [0.15, 0.2) is 0 Å². The second-order valence-corrected chi connectivity index (χ2v) is 6.18. The van der Waals surface area contributed by atoms with Crippen LogP contribution in [-0.4, -0.2) is 22.4 Å². The predicted molar refractivity (Wildman–Crippen MR) is 61.5 cm³/mol. The molecule has 15 heavy (non-hydrogen) atoms. The zero-order chi connectivity index (χ0) is 11.6. The molecule has 1 atom stereocenters. The third-order valence-corrected chi connectivity index (χ3v) is 4.21. The molecule has 5 nitrogen and oxygen atoms in total. The van der Waals surface area contributed by atoms with Gasteiger partial charge in [0.2, 0.25) is 0 Å². The van der Waals surface area contributed by atoms with Crippen LogP contribution in [0.3, 0.4) is 0 Å². The molecule has 0 saturated heterocycles. The highest BCUT2D eigenvalue weighted by atomic mass is 79.9. The van der Waals surface area contributed by atoms with Crippen molar-refractivity contribution in [2.24, 2.45) is 4.36 Å². The van der Waals surface area contributed by atoms with Crippen molar-refractivity contribution >= 4 is 31.3 Å². The number of nitrogens with zero attached hydrogens (tertiary/aromatic N) is 2. The number of rotatable bonds is 2. The van der Waals surface area contributed by atoms with Gasteiger partial charge in [-0.2, -0.15) is 0 Å². The Bertz CT molecular complexity index is 521. The summed E-state index contributed by atoms with van der Waals surface area (Å²) in [6.45, 7) is 0. The maximum absolute atomic E-state index is 11.9. The molecule has 0 N–H and O–H groups in total. The van der Waals surface area contributed by atoms with Crippen LogP contribution in [0.4, 0.5) is 5.69 Å². The molecule has 1 unspecified atom stereocenters. The van der Waals surface area contributed by atoms with Crippen LogP contribution in [-0.2, 0) is 9.73 Å². The highest BCUT2D eigenvalue weighted by Gasteiger charge is 2.20. The lowest BCUT2D eigenvalue weighted by Gasteiger charge is -2.04. The van der Waals surface area contributed by atoms with Gasteiger partial charge in [0, 0.05) is 23.8 Å². The second kappa shape index (κ2) is 4.28. The Balaban J connectivity index is 3.59. The monoisotopic (exact) mass is 292 g/mol. The summed E-state index contributed by atoms with van der Waals surface area (Å²) in [5, 5.41) is 10.7. The Kier molecular flexibility index (Phi) is 3.46. The quantitative estimate of drug-likeness (QED) is 0.621. The topological polar surface area (TPSA) is 72.6 Å². The minimum absolute atomic E-state index is 0.143. The average molecular weight is 293 g/mol. The van der Waals surface area contributed by atoms with Crippen LogP contribution in [0.1, 0.15) is 0 Å². The first-order valence-corrected chi connectivity index (χ1v) is 6.64. The summed E-state index contributed by atoms with van der Waals surface area (Å²) in [6.07, 6.45) is 1.38. The molecule has 0 spiro atoms. The van der Waals surface area contributed by atoms with Crippen molar-refractivity contribution in [3.63, 3.8) is 0 Å². The zero-order valence-corrected chi connectivity index (χ0v) is 10.5. The highest BCUT2D eigenvalue weighted by molar-refractivity contribution is 9.10. The molecule has 0 aromatic heterocycles. The first-order valence-electron chi connectivity index (χ1n) is 3.92. The lowest BCUT2D eigenvalue weighted by atomic mass is 10.3. The molecule has 0 fully saturated rings. The van der Waals surface area contributed by atoms with E-state index in [1.807, 2.05) is 0 Å². The van der Waals surface area contributed by atoms with E-state index in [9.17, 15) is 14.3 Å². The van der Waals surface area contributed by atoms with Crippen LogP contribution < -0.4 is 0 Å². The molecule has 0 aliphatic carbocycles. The Labute approximate surface area is 96.0 Å². The van der Waals surface area contributed by atoms with Gasteiger partial charge in [-0.25, -0.2) is 8.57 Å². The van der Waals surface area contributed by atoms with Gasteiger partial charge in [-0.15, -0.1) is 0 Å². The summed E-state index contributed by atoms with van der Waals surface area (Å²) >= 11 is 3.18. The average Bonchev–Trinajstić information content (AvgIpc) is 2.17. The van der Waals surface area contributed by atoms with E-state index in [1.165, 1.54) is 31.5 Å². The smallest absolute Gasteiger partial charge is 0.258 e. The van der Waals surface area contributed by atoms with Gasteiger partial charge in [0.1, 0.15) is 4.90 Å². The first-order chi connectivity index (χ1) is 6.88. The van der Waals surface area contributed by atoms with Crippen molar-refractivity contribution in [2.45, 2.75) is 4.90 Å². The number of benzene rings is 1. The summed E-state index contributed by atoms with van der Waals surface area (Å²) in [6, 6.07) is 4.31. The molecule has 0 aliphatic heterocycles. The van der Waals surface area contributed by atoms with Crippen LogP contribution in [0.2, 0.25) is 0 Å². The van der Waals surface area contributed by atoms with Crippen molar-refractivity contribution in [3.8, 4) is 0 Å². The van der Waals surface area contributed by atoms with Crippen LogP contribution >= 0.6 is 15.9 Å². The molecule has 0 heterocycles. The fourth-order valence-corrected chi connectivity index (χ4v) is 2.63. The fourth-order valence-electron chi connectivity index (χ4n) is 1.04. The van der Waals surface area contributed by atoms with E-state index < -0.39 is 14.7 Å². The summed E-state index contributed by atoms with van der Waals surface area (Å²) in [7, 11) is -1.31. The zero-order valence-electron chi connectivity index (χ0n) is 8.14. The molecular weight excluding hydrogens is 284 g/mol. The van der Waals surface area contributed by atoms with Gasteiger partial charge in [-0.3, -0.25) is 10.1 Å². The van der Waals surface area contributed by atoms with Crippen molar-refractivity contribution in [2.75, 3.05) is 13.3 Å². The molecule has 0 radical (unpaired) electrons. The van der Waals surface area contributed by atoms with Crippen LogP contribution in [0.25, 0.3) is 0 Å². The fraction of sp³-hybridized carbons (Fsp3) is 0.250. The molecule has 82 valence electrons. The first kappa shape index (κ1) is 12.1. The van der Waals surface area contributed by atoms with Gasteiger partial charge in [-0.05, 0) is 12.1 Å². The van der Waals surface area contributed by atoms with E-state index in [4.69, 9.17) is 0 Å². The number of halogens is 1. The SMILES string of the molecule is CN=S(C)(=O)c1cc(Br)ccc1[N+](=O)[O-]. The Morgan fingerprint density at radius 1 is 1.53 bits per heavy atom. The van der Waals surface area contributed by atoms with Crippen LogP contribution in [0, 0.1) is 10.1 Å². The molecule has 0 aliphatic rings. The molecule has 0 amide bonds. The molecule has 0 saturated carbocycles. The predicted octanol–water partition coefficient (Wildman–Crippen LogP) is 2.44. The van der Waals surface area contributed by atoms with E-state index in [1.54, 1.807) is 0 Å².